The monoisotopic (exact) mass is 271 g/mol. The molecule has 104 valence electrons. The quantitative estimate of drug-likeness (QED) is 0.634. The Labute approximate surface area is 117 Å². The second-order valence-corrected chi connectivity index (χ2v) is 5.13. The molecule has 2 aromatic rings. The molecule has 1 aliphatic heterocycles. The molecule has 0 saturated carbocycles. The van der Waals surface area contributed by atoms with Gasteiger partial charge in [-0.25, -0.2) is 0 Å². The number of rotatable bonds is 4. The Hall–Kier alpha value is -2.30. The van der Waals surface area contributed by atoms with Gasteiger partial charge in [0.25, 0.3) is 5.69 Å². The number of anilines is 1. The van der Waals surface area contributed by atoms with Gasteiger partial charge < -0.3 is 9.47 Å². The van der Waals surface area contributed by atoms with E-state index in [4.69, 9.17) is 0 Å². The number of benzene rings is 1. The van der Waals surface area contributed by atoms with Crippen LogP contribution in [0.3, 0.4) is 0 Å². The second kappa shape index (κ2) is 5.36. The van der Waals surface area contributed by atoms with Crippen molar-refractivity contribution in [2.45, 2.75) is 19.4 Å². The van der Waals surface area contributed by atoms with E-state index >= 15 is 0 Å². The minimum atomic E-state index is -0.271. The summed E-state index contributed by atoms with van der Waals surface area (Å²) >= 11 is 0. The second-order valence-electron chi connectivity index (χ2n) is 5.13. The largest absolute Gasteiger partial charge is 0.366 e. The summed E-state index contributed by atoms with van der Waals surface area (Å²) in [5, 5.41) is 11.3. The third-order valence-corrected chi connectivity index (χ3v) is 3.71. The SMILES string of the molecule is O=[N+]([O-])c1cc(Cn2cccc2)ccc1N1CCCC1. The molecular weight excluding hydrogens is 254 g/mol. The van der Waals surface area contributed by atoms with E-state index in [0.29, 0.717) is 6.54 Å². The van der Waals surface area contributed by atoms with Crippen molar-refractivity contribution in [1.29, 1.82) is 0 Å². The molecular formula is C15H17N3O2. The Morgan fingerprint density at radius 1 is 1.15 bits per heavy atom. The molecule has 0 spiro atoms. The van der Waals surface area contributed by atoms with Crippen LogP contribution in [0.1, 0.15) is 18.4 Å². The minimum Gasteiger partial charge on any atom is -0.366 e. The van der Waals surface area contributed by atoms with E-state index in [0.717, 1.165) is 37.2 Å². The van der Waals surface area contributed by atoms with Crippen molar-refractivity contribution in [2.24, 2.45) is 0 Å². The van der Waals surface area contributed by atoms with E-state index in [2.05, 4.69) is 4.90 Å². The van der Waals surface area contributed by atoms with Crippen molar-refractivity contribution >= 4 is 11.4 Å². The lowest BCUT2D eigenvalue weighted by atomic mass is 10.1. The first-order chi connectivity index (χ1) is 9.74. The highest BCUT2D eigenvalue weighted by molar-refractivity contribution is 5.64. The summed E-state index contributed by atoms with van der Waals surface area (Å²) in [6.07, 6.45) is 6.14. The van der Waals surface area contributed by atoms with Crippen molar-refractivity contribution in [3.63, 3.8) is 0 Å². The fourth-order valence-electron chi connectivity index (χ4n) is 2.73. The molecule has 2 heterocycles. The van der Waals surface area contributed by atoms with Crippen LogP contribution in [0, 0.1) is 10.1 Å². The predicted molar refractivity (Wildman–Crippen MR) is 78.1 cm³/mol. The van der Waals surface area contributed by atoms with Crippen LogP contribution in [-0.2, 0) is 6.54 Å². The van der Waals surface area contributed by atoms with E-state index in [-0.39, 0.29) is 10.6 Å². The molecule has 0 aliphatic carbocycles. The molecule has 1 fully saturated rings. The van der Waals surface area contributed by atoms with Crippen LogP contribution in [0.25, 0.3) is 0 Å². The zero-order valence-electron chi connectivity index (χ0n) is 11.2. The van der Waals surface area contributed by atoms with Gasteiger partial charge in [-0.2, -0.15) is 0 Å². The molecule has 1 aromatic heterocycles. The standard InChI is InChI=1S/C15H17N3O2/c19-18(20)15-11-13(12-16-7-1-2-8-16)5-6-14(15)17-9-3-4-10-17/h1-2,5-8,11H,3-4,9-10,12H2. The summed E-state index contributed by atoms with van der Waals surface area (Å²) in [7, 11) is 0. The van der Waals surface area contributed by atoms with Crippen LogP contribution in [0.5, 0.6) is 0 Å². The maximum atomic E-state index is 11.3. The van der Waals surface area contributed by atoms with Gasteiger partial charge in [0.1, 0.15) is 5.69 Å². The lowest BCUT2D eigenvalue weighted by molar-refractivity contribution is -0.384. The Balaban J connectivity index is 1.90. The van der Waals surface area contributed by atoms with Gasteiger partial charge >= 0.3 is 0 Å². The fraction of sp³-hybridized carbons (Fsp3) is 0.333. The van der Waals surface area contributed by atoms with Crippen molar-refractivity contribution in [3.05, 3.63) is 58.4 Å². The Kier molecular flexibility index (Phi) is 3.41. The first-order valence-electron chi connectivity index (χ1n) is 6.87. The highest BCUT2D eigenvalue weighted by Gasteiger charge is 2.22. The third-order valence-electron chi connectivity index (χ3n) is 3.71. The summed E-state index contributed by atoms with van der Waals surface area (Å²) < 4.78 is 2.01. The predicted octanol–water partition coefficient (Wildman–Crippen LogP) is 3.04. The third kappa shape index (κ3) is 2.52. The average molecular weight is 271 g/mol. The van der Waals surface area contributed by atoms with E-state index < -0.39 is 0 Å². The van der Waals surface area contributed by atoms with Gasteiger partial charge in [0.2, 0.25) is 0 Å². The van der Waals surface area contributed by atoms with Gasteiger partial charge in [-0.1, -0.05) is 6.07 Å². The number of nitro groups is 1. The molecule has 5 nitrogen and oxygen atoms in total. The summed E-state index contributed by atoms with van der Waals surface area (Å²) in [6.45, 7) is 2.49. The van der Waals surface area contributed by atoms with Crippen LogP contribution >= 0.6 is 0 Å². The van der Waals surface area contributed by atoms with Crippen molar-refractivity contribution < 1.29 is 4.92 Å². The number of aromatic nitrogens is 1. The van der Waals surface area contributed by atoms with Crippen LogP contribution in [0.2, 0.25) is 0 Å². The first-order valence-corrected chi connectivity index (χ1v) is 6.87. The zero-order valence-corrected chi connectivity index (χ0v) is 11.2. The topological polar surface area (TPSA) is 51.3 Å². The minimum absolute atomic E-state index is 0.219. The zero-order chi connectivity index (χ0) is 13.9. The lowest BCUT2D eigenvalue weighted by Crippen LogP contribution is -2.19. The van der Waals surface area contributed by atoms with Crippen molar-refractivity contribution in [2.75, 3.05) is 18.0 Å². The summed E-state index contributed by atoms with van der Waals surface area (Å²) in [6, 6.07) is 9.48. The molecule has 1 aromatic carbocycles. The molecule has 0 N–H and O–H groups in total. The highest BCUT2D eigenvalue weighted by Crippen LogP contribution is 2.31. The molecule has 20 heavy (non-hydrogen) atoms. The van der Waals surface area contributed by atoms with E-state index in [1.54, 1.807) is 6.07 Å². The van der Waals surface area contributed by atoms with Crippen LogP contribution in [0.4, 0.5) is 11.4 Å². The molecule has 1 saturated heterocycles. The van der Waals surface area contributed by atoms with Gasteiger partial charge in [-0.05, 0) is 36.6 Å². The normalized spacial score (nSPS) is 14.7. The smallest absolute Gasteiger partial charge is 0.292 e. The van der Waals surface area contributed by atoms with Crippen molar-refractivity contribution in [1.82, 2.24) is 4.57 Å². The number of hydrogen-bond acceptors (Lipinski definition) is 3. The van der Waals surface area contributed by atoms with Gasteiger partial charge in [0.05, 0.1) is 4.92 Å². The molecule has 0 radical (unpaired) electrons. The molecule has 0 unspecified atom stereocenters. The first kappa shape index (κ1) is 12.7. The van der Waals surface area contributed by atoms with Gasteiger partial charge in [0, 0.05) is 38.1 Å². The fourth-order valence-corrected chi connectivity index (χ4v) is 2.73. The molecule has 0 atom stereocenters. The van der Waals surface area contributed by atoms with Crippen LogP contribution in [0.15, 0.2) is 42.7 Å². The average Bonchev–Trinajstić information content (AvgIpc) is 3.11. The number of nitro benzene ring substituents is 1. The number of hydrogen-bond donors (Lipinski definition) is 0. The van der Waals surface area contributed by atoms with E-state index in [9.17, 15) is 10.1 Å². The maximum absolute atomic E-state index is 11.3. The van der Waals surface area contributed by atoms with E-state index in [1.165, 1.54) is 0 Å². The van der Waals surface area contributed by atoms with Gasteiger partial charge in [-0.3, -0.25) is 10.1 Å². The lowest BCUT2D eigenvalue weighted by Gasteiger charge is -2.18. The Morgan fingerprint density at radius 2 is 1.85 bits per heavy atom. The van der Waals surface area contributed by atoms with Crippen LogP contribution in [-0.4, -0.2) is 22.6 Å². The Bertz CT molecular complexity index is 602. The molecule has 0 bridgehead atoms. The molecule has 0 amide bonds. The Morgan fingerprint density at radius 3 is 2.50 bits per heavy atom. The summed E-state index contributed by atoms with van der Waals surface area (Å²) in [4.78, 5) is 13.1. The summed E-state index contributed by atoms with van der Waals surface area (Å²) in [5.74, 6) is 0. The molecule has 5 heteroatoms. The molecule has 3 rings (SSSR count). The van der Waals surface area contributed by atoms with Crippen molar-refractivity contribution in [3.8, 4) is 0 Å². The highest BCUT2D eigenvalue weighted by atomic mass is 16.6. The van der Waals surface area contributed by atoms with Crippen LogP contribution < -0.4 is 4.90 Å². The summed E-state index contributed by atoms with van der Waals surface area (Å²) in [5.41, 5.74) is 1.93. The van der Waals surface area contributed by atoms with Gasteiger partial charge in [-0.15, -0.1) is 0 Å². The van der Waals surface area contributed by atoms with E-state index in [1.807, 2.05) is 41.2 Å². The van der Waals surface area contributed by atoms with Gasteiger partial charge in [0.15, 0.2) is 0 Å². The number of nitrogens with zero attached hydrogens (tertiary/aromatic N) is 3. The molecule has 1 aliphatic rings. The maximum Gasteiger partial charge on any atom is 0.292 e.